The van der Waals surface area contributed by atoms with E-state index in [-0.39, 0.29) is 18.2 Å². The van der Waals surface area contributed by atoms with Crippen LogP contribution < -0.4 is 10.6 Å². The summed E-state index contributed by atoms with van der Waals surface area (Å²) in [6.45, 7) is 0.820. The fourth-order valence-electron chi connectivity index (χ4n) is 2.42. The average Bonchev–Trinajstić information content (AvgIpc) is 3.14. The molecule has 0 unspecified atom stereocenters. The number of rotatable bonds is 6. The van der Waals surface area contributed by atoms with Crippen molar-refractivity contribution in [3.63, 3.8) is 0 Å². The number of benzene rings is 2. The molecule has 0 saturated heterocycles. The molecule has 2 aromatic carbocycles. The largest absolute Gasteiger partial charge is 0.352 e. The van der Waals surface area contributed by atoms with Gasteiger partial charge in [0.1, 0.15) is 0 Å². The molecular formula is C19H18N2O2S. The molecule has 3 aromatic rings. The van der Waals surface area contributed by atoms with Gasteiger partial charge in [0.15, 0.2) is 0 Å². The summed E-state index contributed by atoms with van der Waals surface area (Å²) in [6.07, 6.45) is 0.267. The summed E-state index contributed by atoms with van der Waals surface area (Å²) in [5.74, 6) is -0.215. The van der Waals surface area contributed by atoms with E-state index < -0.39 is 0 Å². The molecule has 1 heterocycles. The molecule has 0 aliphatic carbocycles. The lowest BCUT2D eigenvalue weighted by atomic mass is 10.1. The molecular weight excluding hydrogens is 320 g/mol. The molecule has 0 aliphatic rings. The van der Waals surface area contributed by atoms with Crippen LogP contribution >= 0.6 is 11.3 Å². The van der Waals surface area contributed by atoms with Crippen LogP contribution in [0, 0.1) is 0 Å². The van der Waals surface area contributed by atoms with Crippen LogP contribution in [0.5, 0.6) is 0 Å². The minimum absolute atomic E-state index is 0.0752. The highest BCUT2D eigenvalue weighted by atomic mass is 32.1. The standard InChI is InChI=1S/C19H18N2O2S/c22-18(7-9-20-19(23)17-8-10-24-13-17)21-12-14-5-6-15-3-1-2-4-16(15)11-14/h1-6,8,10-11,13H,7,9,12H2,(H,20,23)(H,21,22). The third-order valence-electron chi connectivity index (χ3n) is 3.72. The quantitative estimate of drug-likeness (QED) is 0.724. The van der Waals surface area contributed by atoms with Crippen LogP contribution in [-0.2, 0) is 11.3 Å². The zero-order valence-corrected chi connectivity index (χ0v) is 13.9. The van der Waals surface area contributed by atoms with Gasteiger partial charge in [0.2, 0.25) is 5.91 Å². The van der Waals surface area contributed by atoms with Gasteiger partial charge in [-0.25, -0.2) is 0 Å². The highest BCUT2D eigenvalue weighted by Gasteiger charge is 2.07. The van der Waals surface area contributed by atoms with Crippen molar-refractivity contribution in [1.29, 1.82) is 0 Å². The monoisotopic (exact) mass is 338 g/mol. The van der Waals surface area contributed by atoms with Crippen molar-refractivity contribution in [2.75, 3.05) is 6.54 Å². The average molecular weight is 338 g/mol. The van der Waals surface area contributed by atoms with Gasteiger partial charge in [0.05, 0.1) is 0 Å². The molecule has 122 valence electrons. The van der Waals surface area contributed by atoms with Crippen molar-refractivity contribution < 1.29 is 9.59 Å². The molecule has 0 spiro atoms. The summed E-state index contributed by atoms with van der Waals surface area (Å²) in [5.41, 5.74) is 1.70. The first-order chi connectivity index (χ1) is 11.7. The number of carbonyl (C=O) groups excluding carboxylic acids is 2. The van der Waals surface area contributed by atoms with E-state index in [0.29, 0.717) is 18.7 Å². The third kappa shape index (κ3) is 4.20. The van der Waals surface area contributed by atoms with Crippen LogP contribution in [0.4, 0.5) is 0 Å². The second-order valence-corrected chi connectivity index (χ2v) is 6.26. The van der Waals surface area contributed by atoms with Crippen LogP contribution in [0.1, 0.15) is 22.3 Å². The Morgan fingerprint density at radius 2 is 1.79 bits per heavy atom. The van der Waals surface area contributed by atoms with Crippen molar-refractivity contribution in [2.24, 2.45) is 0 Å². The lowest BCUT2D eigenvalue weighted by molar-refractivity contribution is -0.121. The molecule has 24 heavy (non-hydrogen) atoms. The molecule has 3 rings (SSSR count). The summed E-state index contributed by atoms with van der Waals surface area (Å²) in [6, 6.07) is 16.0. The predicted molar refractivity (Wildman–Crippen MR) is 97.1 cm³/mol. The van der Waals surface area contributed by atoms with E-state index in [1.165, 1.54) is 16.7 Å². The fourth-order valence-corrected chi connectivity index (χ4v) is 3.06. The predicted octanol–water partition coefficient (Wildman–Crippen LogP) is 3.34. The van der Waals surface area contributed by atoms with Gasteiger partial charge in [-0.05, 0) is 33.8 Å². The zero-order chi connectivity index (χ0) is 16.8. The van der Waals surface area contributed by atoms with Crippen LogP contribution in [0.15, 0.2) is 59.3 Å². The van der Waals surface area contributed by atoms with E-state index in [1.807, 2.05) is 23.6 Å². The lowest BCUT2D eigenvalue weighted by Crippen LogP contribution is -2.30. The van der Waals surface area contributed by atoms with Crippen LogP contribution in [-0.4, -0.2) is 18.4 Å². The molecule has 4 nitrogen and oxygen atoms in total. The van der Waals surface area contributed by atoms with E-state index >= 15 is 0 Å². The first kappa shape index (κ1) is 16.2. The summed E-state index contributed by atoms with van der Waals surface area (Å²) in [4.78, 5) is 23.6. The second-order valence-electron chi connectivity index (χ2n) is 5.48. The van der Waals surface area contributed by atoms with Gasteiger partial charge in [-0.2, -0.15) is 11.3 Å². The molecule has 2 N–H and O–H groups in total. The number of hydrogen-bond acceptors (Lipinski definition) is 3. The Balaban J connectivity index is 1.44. The molecule has 1 aromatic heterocycles. The summed E-state index contributed by atoms with van der Waals surface area (Å²) in [5, 5.41) is 11.6. The Morgan fingerprint density at radius 1 is 0.958 bits per heavy atom. The van der Waals surface area contributed by atoms with E-state index in [2.05, 4.69) is 34.9 Å². The van der Waals surface area contributed by atoms with Crippen molar-refractivity contribution in [3.8, 4) is 0 Å². The fraction of sp³-hybridized carbons (Fsp3) is 0.158. The molecule has 5 heteroatoms. The number of nitrogens with one attached hydrogen (secondary N) is 2. The van der Waals surface area contributed by atoms with Crippen molar-refractivity contribution in [3.05, 3.63) is 70.4 Å². The van der Waals surface area contributed by atoms with E-state index in [1.54, 1.807) is 11.4 Å². The second kappa shape index (κ2) is 7.75. The Hall–Kier alpha value is -2.66. The van der Waals surface area contributed by atoms with E-state index in [4.69, 9.17) is 0 Å². The number of amides is 2. The van der Waals surface area contributed by atoms with E-state index in [9.17, 15) is 9.59 Å². The van der Waals surface area contributed by atoms with Gasteiger partial charge in [-0.1, -0.05) is 36.4 Å². The number of hydrogen-bond donors (Lipinski definition) is 2. The van der Waals surface area contributed by atoms with Gasteiger partial charge in [-0.3, -0.25) is 9.59 Å². The highest BCUT2D eigenvalue weighted by molar-refractivity contribution is 7.08. The SMILES string of the molecule is O=C(CCNC(=O)c1ccsc1)NCc1ccc2ccccc2c1. The number of carbonyl (C=O) groups is 2. The minimum Gasteiger partial charge on any atom is -0.352 e. The molecule has 0 fully saturated rings. The topological polar surface area (TPSA) is 58.2 Å². The number of thiophene rings is 1. The lowest BCUT2D eigenvalue weighted by Gasteiger charge is -2.07. The third-order valence-corrected chi connectivity index (χ3v) is 4.41. The normalized spacial score (nSPS) is 10.5. The zero-order valence-electron chi connectivity index (χ0n) is 13.1. The van der Waals surface area contributed by atoms with Crippen LogP contribution in [0.25, 0.3) is 10.8 Å². The van der Waals surface area contributed by atoms with Crippen molar-refractivity contribution in [1.82, 2.24) is 10.6 Å². The van der Waals surface area contributed by atoms with Gasteiger partial charge in [0, 0.05) is 30.5 Å². The molecule has 0 radical (unpaired) electrons. The Morgan fingerprint density at radius 3 is 2.58 bits per heavy atom. The van der Waals surface area contributed by atoms with Crippen LogP contribution in [0.3, 0.4) is 0 Å². The molecule has 2 amide bonds. The van der Waals surface area contributed by atoms with Crippen molar-refractivity contribution >= 4 is 33.9 Å². The number of fused-ring (bicyclic) bond motifs is 1. The van der Waals surface area contributed by atoms with Gasteiger partial charge < -0.3 is 10.6 Å². The first-order valence-electron chi connectivity index (χ1n) is 7.77. The summed E-state index contributed by atoms with van der Waals surface area (Å²) >= 11 is 1.47. The summed E-state index contributed by atoms with van der Waals surface area (Å²) in [7, 11) is 0. The van der Waals surface area contributed by atoms with E-state index in [0.717, 1.165) is 10.9 Å². The van der Waals surface area contributed by atoms with Gasteiger partial charge >= 0.3 is 0 Å². The highest BCUT2D eigenvalue weighted by Crippen LogP contribution is 2.15. The van der Waals surface area contributed by atoms with Gasteiger partial charge in [0.25, 0.3) is 5.91 Å². The Kier molecular flexibility index (Phi) is 5.23. The molecule has 0 atom stereocenters. The summed E-state index contributed by atoms with van der Waals surface area (Å²) < 4.78 is 0. The maximum Gasteiger partial charge on any atom is 0.252 e. The Bertz CT molecular complexity index is 843. The van der Waals surface area contributed by atoms with Gasteiger partial charge in [-0.15, -0.1) is 0 Å². The maximum atomic E-state index is 11.9. The smallest absolute Gasteiger partial charge is 0.252 e. The van der Waals surface area contributed by atoms with Crippen molar-refractivity contribution in [2.45, 2.75) is 13.0 Å². The molecule has 0 saturated carbocycles. The van der Waals surface area contributed by atoms with Crippen LogP contribution in [0.2, 0.25) is 0 Å². The molecule has 0 aliphatic heterocycles. The maximum absolute atomic E-state index is 11.9. The minimum atomic E-state index is -0.140. The molecule has 0 bridgehead atoms. The Labute approximate surface area is 144 Å². The first-order valence-corrected chi connectivity index (χ1v) is 8.71.